The zero-order valence-corrected chi connectivity index (χ0v) is 67.2. The molecule has 6 aromatic rings. The van der Waals surface area contributed by atoms with Gasteiger partial charge in [0.2, 0.25) is 23.6 Å². The van der Waals surface area contributed by atoms with E-state index in [2.05, 4.69) is 38.2 Å². The first-order valence-electron chi connectivity index (χ1n) is 38.2. The fourth-order valence-electron chi connectivity index (χ4n) is 13.5. The Morgan fingerprint density at radius 3 is 1.18 bits per heavy atom. The summed E-state index contributed by atoms with van der Waals surface area (Å²) >= 11 is 0. The Morgan fingerprint density at radius 1 is 0.474 bits per heavy atom. The lowest BCUT2D eigenvalue weighted by atomic mass is 9.98. The highest BCUT2D eigenvalue weighted by molar-refractivity contribution is 5.91. The van der Waals surface area contributed by atoms with Crippen LogP contribution in [0.3, 0.4) is 0 Å². The van der Waals surface area contributed by atoms with Crippen molar-refractivity contribution < 1.29 is 100 Å². The lowest BCUT2D eigenvalue weighted by Gasteiger charge is -2.33. The number of hydrogen-bond acceptors (Lipinski definition) is 24. The molecule has 8 N–H and O–H groups in total. The summed E-state index contributed by atoms with van der Waals surface area (Å²) < 4.78 is 51.5. The Morgan fingerprint density at radius 2 is 0.842 bits per heavy atom. The first-order chi connectivity index (χ1) is 54.6. The maximum Gasteiger partial charge on any atom is 0.411 e. The van der Waals surface area contributed by atoms with Crippen molar-refractivity contribution in [2.24, 2.45) is 5.73 Å². The van der Waals surface area contributed by atoms with Gasteiger partial charge in [0.25, 0.3) is 0 Å². The van der Waals surface area contributed by atoms with Gasteiger partial charge in [-0.15, -0.1) is 0 Å². The summed E-state index contributed by atoms with van der Waals surface area (Å²) in [4.78, 5) is 120. The molecule has 4 aromatic carbocycles. The zero-order valence-electron chi connectivity index (χ0n) is 67.2. The van der Waals surface area contributed by atoms with Gasteiger partial charge in [-0.1, -0.05) is 121 Å². The highest BCUT2D eigenvalue weighted by Crippen LogP contribution is 2.39. The van der Waals surface area contributed by atoms with Crippen LogP contribution in [0.5, 0.6) is 0 Å². The molecular weight excluding hydrogens is 1470 g/mol. The fourth-order valence-corrected chi connectivity index (χ4v) is 13.5. The Kier molecular flexibility index (Phi) is 37.4. The molecule has 0 bridgehead atoms. The van der Waals surface area contributed by atoms with Crippen LogP contribution >= 0.6 is 0 Å². The van der Waals surface area contributed by atoms with Gasteiger partial charge in [0.15, 0.2) is 12.6 Å². The van der Waals surface area contributed by atoms with E-state index in [1.165, 1.54) is 41.6 Å². The molecule has 624 valence electrons. The molecule has 12 rings (SSSR count). The molecule has 114 heavy (non-hydrogen) atoms. The quantitative estimate of drug-likeness (QED) is 0.0178. The maximum atomic E-state index is 12.6. The van der Waals surface area contributed by atoms with Gasteiger partial charge in [-0.3, -0.25) is 34.0 Å². The van der Waals surface area contributed by atoms with Crippen LogP contribution in [0.4, 0.5) is 19.2 Å². The van der Waals surface area contributed by atoms with Crippen LogP contribution in [-0.4, -0.2) is 216 Å². The van der Waals surface area contributed by atoms with Gasteiger partial charge in [-0.05, 0) is 154 Å². The standard InChI is InChI=1S/C18H26N2O5.C16H20N2O4.C16H18N2O3.C14H17NO4.C8H12N2O.C6H11NO2.C4H11NO2/c1-18(16(21)19-12-15(23-2)24-3)10-7-11-20(18)17(22)25-13-14-8-5-4-6-9-14;1-16(14(20)17-9-11-19)8-5-10-18(16)15(21)22-12-13-6-3-2-4-7-13;1-16(14-17-9-11-20-14)8-5-10-18(16)15(19)21-12-13-6-3-2-4-7-13;1-14(12(16)17)8-5-9-15(14)13(18)19-10-11-6-3-2-4-7-11;1-8(3-2-4-10-8)7-9-5-6-11-7;1-6(5(8)9)3-2-4-7-6;1-6-4(3-5)7-2/h4-6,8-9,15H,7,10-13H2,1-3H3,(H,19,21);2-4,6-7,11H,5,8-10,12H2,1H3,(H,17,20);2-4,6-7,9,11H,5,8,10,12H2,1H3;2-4,6-7H,5,8-10H2,1H3,(H,16,17);5-6,10H,2-4H2,1H3;7H,2-4H2,1H3,(H,8,9);4H,3,5H2,1-2H3/t18-;2*16-;14-;8-;6-;/m000000./s1. The summed E-state index contributed by atoms with van der Waals surface area (Å²) in [6.45, 7) is 16.2. The topological polar surface area (TPSA) is 407 Å². The number of aldehydes is 1. The molecule has 6 saturated heterocycles. The van der Waals surface area contributed by atoms with Crippen molar-refractivity contribution in [3.63, 3.8) is 0 Å². The molecular formula is C82H115N11O21. The van der Waals surface area contributed by atoms with E-state index in [9.17, 15) is 48.3 Å². The molecule has 0 unspecified atom stereocenters. The van der Waals surface area contributed by atoms with Gasteiger partial charge in [-0.2, -0.15) is 0 Å². The average Bonchev–Trinajstić information content (AvgIpc) is 1.63. The molecule has 0 radical (unpaired) electrons. The number of oxazole rings is 2. The highest BCUT2D eigenvalue weighted by atomic mass is 16.7. The monoisotopic (exact) mass is 1590 g/mol. The summed E-state index contributed by atoms with van der Waals surface area (Å²) in [6, 6.07) is 37.8. The minimum atomic E-state index is -1.15. The summed E-state index contributed by atoms with van der Waals surface area (Å²) in [5.74, 6) is -0.900. The number of rotatable bonds is 23. The van der Waals surface area contributed by atoms with Gasteiger partial charge >= 0.3 is 36.3 Å². The van der Waals surface area contributed by atoms with E-state index >= 15 is 0 Å². The number of nitrogens with zero attached hydrogens (tertiary/aromatic N) is 6. The molecule has 6 fully saturated rings. The number of nitrogens with one attached hydrogen (secondary N) is 4. The maximum absolute atomic E-state index is 12.6. The van der Waals surface area contributed by atoms with E-state index < -0.39 is 64.2 Å². The van der Waals surface area contributed by atoms with E-state index in [0.717, 1.165) is 86.2 Å². The van der Waals surface area contributed by atoms with E-state index in [1.807, 2.05) is 128 Å². The molecule has 6 aliphatic heterocycles. The lowest BCUT2D eigenvalue weighted by molar-refractivity contribution is -0.148. The van der Waals surface area contributed by atoms with Crippen molar-refractivity contribution >= 4 is 54.4 Å². The van der Waals surface area contributed by atoms with Crippen LogP contribution in [0.1, 0.15) is 153 Å². The number of methoxy groups -OCH3 is 4. The van der Waals surface area contributed by atoms with Crippen LogP contribution in [0, 0.1) is 0 Å². The Labute approximate surface area is 666 Å². The average molecular weight is 1590 g/mol. The van der Waals surface area contributed by atoms with Gasteiger partial charge in [0.1, 0.15) is 72.9 Å². The number of carboxylic acids is 2. The van der Waals surface area contributed by atoms with Gasteiger partial charge in [0.05, 0.1) is 31.0 Å². The third-order valence-corrected chi connectivity index (χ3v) is 20.7. The van der Waals surface area contributed by atoms with Crippen LogP contribution in [0.15, 0.2) is 155 Å². The van der Waals surface area contributed by atoms with E-state index in [1.54, 1.807) is 65.5 Å². The molecule has 0 aliphatic carbocycles. The van der Waals surface area contributed by atoms with Crippen molar-refractivity contribution in [1.82, 2.24) is 50.8 Å². The normalized spacial score (nSPS) is 22.4. The number of carboxylic acid groups (broad SMARTS) is 2. The Hall–Kier alpha value is -10.4. The van der Waals surface area contributed by atoms with Crippen molar-refractivity contribution in [2.45, 2.75) is 191 Å². The molecule has 6 aliphatic rings. The number of benzene rings is 4. The molecule has 32 heteroatoms. The SMILES string of the molecule is COC(CN)OC.COC(CNC(=O)[C@]1(C)CCCN1C(=O)OCc1ccccc1)OC.C[C@@]1(C(=O)NCC=O)CCCN1C(=O)OCc1ccccc1.C[C@@]1(C(=O)O)CCCN1.C[C@@]1(C(=O)O)CCCN1C(=O)OCc1ccccc1.C[C@@]1(c2ncco2)CCCN1.C[C@@]1(c2ncco2)CCCN1C(=O)OCc1ccccc1. The third-order valence-electron chi connectivity index (χ3n) is 20.7. The van der Waals surface area contributed by atoms with Crippen molar-refractivity contribution in [2.75, 3.05) is 87.3 Å². The summed E-state index contributed by atoms with van der Waals surface area (Å²) in [7, 11) is 6.12. The van der Waals surface area contributed by atoms with Crippen molar-refractivity contribution in [3.05, 3.63) is 180 Å². The van der Waals surface area contributed by atoms with Crippen LogP contribution < -0.4 is 27.0 Å². The summed E-state index contributed by atoms with van der Waals surface area (Å²) in [5.41, 5.74) is 4.59. The number of likely N-dealkylation sites (tertiary alicyclic amines) is 4. The number of nitrogens with two attached hydrogens (primary N) is 1. The minimum Gasteiger partial charge on any atom is -0.480 e. The molecule has 6 atom stereocenters. The number of aromatic nitrogens is 2. The molecule has 2 aromatic heterocycles. The predicted octanol–water partition coefficient (Wildman–Crippen LogP) is 10.0. The zero-order chi connectivity index (χ0) is 83.2. The lowest BCUT2D eigenvalue weighted by Crippen LogP contribution is -2.56. The van der Waals surface area contributed by atoms with Crippen molar-refractivity contribution in [3.8, 4) is 0 Å². The predicted molar refractivity (Wildman–Crippen MR) is 418 cm³/mol. The second-order valence-corrected chi connectivity index (χ2v) is 28.9. The Bertz CT molecular complexity index is 3870. The number of aliphatic carboxylic acids is 2. The first-order valence-corrected chi connectivity index (χ1v) is 38.2. The van der Waals surface area contributed by atoms with E-state index in [0.29, 0.717) is 70.6 Å². The smallest absolute Gasteiger partial charge is 0.411 e. The molecule has 0 spiro atoms. The van der Waals surface area contributed by atoms with Gasteiger partial charge < -0.3 is 88.7 Å². The minimum absolute atomic E-state index is 0.0104. The van der Waals surface area contributed by atoms with Crippen LogP contribution in [0.2, 0.25) is 0 Å². The van der Waals surface area contributed by atoms with Gasteiger partial charge in [0, 0.05) is 61.2 Å². The Balaban J connectivity index is 0.000000214. The van der Waals surface area contributed by atoms with E-state index in [4.69, 9.17) is 57.6 Å². The van der Waals surface area contributed by atoms with E-state index in [-0.39, 0.29) is 69.3 Å². The number of amides is 6. The molecule has 8 heterocycles. The van der Waals surface area contributed by atoms with Crippen LogP contribution in [0.25, 0.3) is 0 Å². The third kappa shape index (κ3) is 26.6. The summed E-state index contributed by atoms with van der Waals surface area (Å²) in [6.07, 6.45) is 14.0. The number of hydrogen-bond donors (Lipinski definition) is 7. The van der Waals surface area contributed by atoms with Gasteiger partial charge in [-0.25, -0.2) is 33.9 Å². The van der Waals surface area contributed by atoms with Crippen molar-refractivity contribution in [1.29, 1.82) is 0 Å². The number of carbonyl (C=O) groups excluding carboxylic acids is 7. The largest absolute Gasteiger partial charge is 0.480 e. The second kappa shape index (κ2) is 46.1. The first kappa shape index (κ1) is 92.5. The fraction of sp³-hybridized carbons (Fsp3) is 0.524. The highest BCUT2D eigenvalue weighted by Gasteiger charge is 2.50. The summed E-state index contributed by atoms with van der Waals surface area (Å²) in [5, 5.41) is 29.5. The number of ether oxygens (including phenoxy) is 8. The van der Waals surface area contributed by atoms with Crippen LogP contribution in [-0.2, 0) is 99.4 Å². The number of carbonyl (C=O) groups is 9. The molecule has 0 saturated carbocycles. The second-order valence-electron chi connectivity index (χ2n) is 28.9. The molecule has 32 nitrogen and oxygen atoms in total. The molecule has 6 amide bonds.